The van der Waals surface area contributed by atoms with Crippen molar-refractivity contribution in [3.05, 3.63) is 78.2 Å². The molecule has 3 aromatic rings. The zero-order chi connectivity index (χ0) is 16.2. The van der Waals surface area contributed by atoms with Crippen molar-refractivity contribution in [1.29, 1.82) is 0 Å². The van der Waals surface area contributed by atoms with Crippen LogP contribution in [0.5, 0.6) is 0 Å². The number of hydrogen-bond acceptors (Lipinski definition) is 4. The van der Waals surface area contributed by atoms with E-state index in [0.29, 0.717) is 0 Å². The van der Waals surface area contributed by atoms with Gasteiger partial charge in [0.1, 0.15) is 6.10 Å². The van der Waals surface area contributed by atoms with Crippen LogP contribution in [0.1, 0.15) is 41.7 Å². The van der Waals surface area contributed by atoms with Gasteiger partial charge in [-0.1, -0.05) is 29.5 Å². The van der Waals surface area contributed by atoms with Gasteiger partial charge in [0.05, 0.1) is 6.04 Å². The molecule has 2 heterocycles. The summed E-state index contributed by atoms with van der Waals surface area (Å²) in [6, 6.07) is 12.3. The highest BCUT2D eigenvalue weighted by Crippen LogP contribution is 2.22. The number of rotatable bonds is 5. The summed E-state index contributed by atoms with van der Waals surface area (Å²) in [5.41, 5.74) is 3.18. The van der Waals surface area contributed by atoms with E-state index in [1.54, 1.807) is 6.08 Å². The van der Waals surface area contributed by atoms with Crippen LogP contribution in [0.3, 0.4) is 0 Å². The first-order valence-electron chi connectivity index (χ1n) is 7.33. The first kappa shape index (κ1) is 15.2. The average Bonchev–Trinajstić information content (AvgIpc) is 3.24. The number of aliphatic hydroxyl groups is 1. The minimum Gasteiger partial charge on any atom is -0.381 e. The molecule has 0 bridgehead atoms. The lowest BCUT2D eigenvalue weighted by Crippen LogP contribution is -2.07. The van der Waals surface area contributed by atoms with Crippen molar-refractivity contribution in [3.8, 4) is 0 Å². The molecular formula is C17H18N5O. The molecular weight excluding hydrogens is 290 g/mol. The van der Waals surface area contributed by atoms with E-state index in [4.69, 9.17) is 0 Å². The number of aromatic nitrogens is 5. The molecule has 2 N–H and O–H groups in total. The Bertz CT molecular complexity index is 774. The maximum Gasteiger partial charge on any atom is 0.206 e. The van der Waals surface area contributed by atoms with Crippen LogP contribution < -0.4 is 0 Å². The fourth-order valence-electron chi connectivity index (χ4n) is 2.43. The topological polar surface area (TPSA) is 79.6 Å². The smallest absolute Gasteiger partial charge is 0.206 e. The van der Waals surface area contributed by atoms with Gasteiger partial charge in [-0.15, -0.1) is 10.2 Å². The molecule has 6 nitrogen and oxygen atoms in total. The average molecular weight is 308 g/mol. The number of aliphatic hydroxyl groups excluding tert-OH is 1. The second-order valence-electron chi connectivity index (χ2n) is 5.33. The Hall–Kier alpha value is -2.73. The van der Waals surface area contributed by atoms with Crippen LogP contribution in [0.4, 0.5) is 0 Å². The predicted octanol–water partition coefficient (Wildman–Crippen LogP) is 2.54. The SMILES string of the molecule is [CH2]c1ccc(C(C)n2cccc2C=CC(O)c2nn[nH]n2)cc1. The fourth-order valence-corrected chi connectivity index (χ4v) is 2.43. The number of tetrazole rings is 1. The van der Waals surface area contributed by atoms with Crippen molar-refractivity contribution in [2.75, 3.05) is 0 Å². The summed E-state index contributed by atoms with van der Waals surface area (Å²) in [5, 5.41) is 23.3. The quantitative estimate of drug-likeness (QED) is 0.759. The van der Waals surface area contributed by atoms with E-state index in [-0.39, 0.29) is 11.9 Å². The molecule has 2 atom stereocenters. The van der Waals surface area contributed by atoms with Crippen LogP contribution in [0, 0.1) is 6.92 Å². The third-order valence-electron chi connectivity index (χ3n) is 3.77. The van der Waals surface area contributed by atoms with Gasteiger partial charge >= 0.3 is 0 Å². The van der Waals surface area contributed by atoms with Crippen molar-refractivity contribution in [1.82, 2.24) is 25.2 Å². The molecule has 0 saturated heterocycles. The Morgan fingerprint density at radius 2 is 2.04 bits per heavy atom. The predicted molar refractivity (Wildman–Crippen MR) is 87.3 cm³/mol. The van der Waals surface area contributed by atoms with Crippen LogP contribution in [0.15, 0.2) is 48.7 Å². The van der Waals surface area contributed by atoms with Crippen molar-refractivity contribution < 1.29 is 5.11 Å². The van der Waals surface area contributed by atoms with E-state index in [0.717, 1.165) is 11.3 Å². The molecule has 0 spiro atoms. The molecule has 1 radical (unpaired) electrons. The van der Waals surface area contributed by atoms with E-state index >= 15 is 0 Å². The Labute approximate surface area is 134 Å². The number of benzene rings is 1. The van der Waals surface area contributed by atoms with Gasteiger partial charge in [0, 0.05) is 11.9 Å². The molecule has 117 valence electrons. The summed E-state index contributed by atoms with van der Waals surface area (Å²) in [6.45, 7) is 6.04. The number of nitrogens with one attached hydrogen (secondary N) is 1. The Kier molecular flexibility index (Phi) is 4.34. The van der Waals surface area contributed by atoms with Gasteiger partial charge in [0.15, 0.2) is 0 Å². The Morgan fingerprint density at radius 1 is 1.26 bits per heavy atom. The zero-order valence-corrected chi connectivity index (χ0v) is 12.8. The standard InChI is InChI=1S/C17H18N5O/c1-12-5-7-14(8-6-12)13(2)22-11-3-4-15(22)9-10-16(23)17-18-20-21-19-17/h3-11,13,16,23H,1H2,2H3,(H,18,19,20,21). The molecule has 2 aromatic heterocycles. The van der Waals surface area contributed by atoms with Crippen LogP contribution in [0.2, 0.25) is 0 Å². The normalized spacial score (nSPS) is 14.2. The number of hydrogen-bond donors (Lipinski definition) is 2. The maximum atomic E-state index is 10.00. The molecule has 0 aliphatic rings. The third-order valence-corrected chi connectivity index (χ3v) is 3.77. The molecule has 0 fully saturated rings. The van der Waals surface area contributed by atoms with E-state index in [1.165, 1.54) is 5.56 Å². The van der Waals surface area contributed by atoms with E-state index in [2.05, 4.69) is 51.2 Å². The van der Waals surface area contributed by atoms with Crippen molar-refractivity contribution >= 4 is 6.08 Å². The summed E-state index contributed by atoms with van der Waals surface area (Å²) in [7, 11) is 0. The van der Waals surface area contributed by atoms with Crippen LogP contribution >= 0.6 is 0 Å². The minimum atomic E-state index is -0.891. The maximum absolute atomic E-state index is 10.00. The number of H-pyrrole nitrogens is 1. The van der Waals surface area contributed by atoms with E-state index in [9.17, 15) is 5.11 Å². The molecule has 23 heavy (non-hydrogen) atoms. The Morgan fingerprint density at radius 3 is 2.74 bits per heavy atom. The van der Waals surface area contributed by atoms with Gasteiger partial charge in [-0.25, -0.2) is 0 Å². The lowest BCUT2D eigenvalue weighted by molar-refractivity contribution is 0.219. The van der Waals surface area contributed by atoms with Gasteiger partial charge < -0.3 is 9.67 Å². The molecule has 0 aliphatic heterocycles. The van der Waals surface area contributed by atoms with Gasteiger partial charge in [-0.2, -0.15) is 5.21 Å². The number of nitrogens with zero attached hydrogens (tertiary/aromatic N) is 4. The van der Waals surface area contributed by atoms with Crippen molar-refractivity contribution in [2.45, 2.75) is 19.1 Å². The second-order valence-corrected chi connectivity index (χ2v) is 5.33. The first-order chi connectivity index (χ1) is 11.1. The largest absolute Gasteiger partial charge is 0.381 e. The van der Waals surface area contributed by atoms with Crippen LogP contribution in [-0.2, 0) is 0 Å². The van der Waals surface area contributed by atoms with E-state index < -0.39 is 6.10 Å². The summed E-state index contributed by atoms with van der Waals surface area (Å²) in [4.78, 5) is 0. The highest BCUT2D eigenvalue weighted by molar-refractivity contribution is 5.47. The molecule has 2 unspecified atom stereocenters. The second kappa shape index (κ2) is 6.58. The van der Waals surface area contributed by atoms with E-state index in [1.807, 2.05) is 36.5 Å². The summed E-state index contributed by atoms with van der Waals surface area (Å²) < 4.78 is 2.14. The highest BCUT2D eigenvalue weighted by Gasteiger charge is 2.11. The fraction of sp³-hybridized carbons (Fsp3) is 0.176. The van der Waals surface area contributed by atoms with Gasteiger partial charge in [0.25, 0.3) is 0 Å². The van der Waals surface area contributed by atoms with Crippen molar-refractivity contribution in [3.63, 3.8) is 0 Å². The minimum absolute atomic E-state index is 0.174. The highest BCUT2D eigenvalue weighted by atomic mass is 16.3. The summed E-state index contributed by atoms with van der Waals surface area (Å²) in [6.07, 6.45) is 4.62. The molecule has 0 aliphatic carbocycles. The van der Waals surface area contributed by atoms with Crippen LogP contribution in [0.25, 0.3) is 6.08 Å². The van der Waals surface area contributed by atoms with Gasteiger partial charge in [-0.05, 0) is 49.3 Å². The molecule has 0 saturated carbocycles. The van der Waals surface area contributed by atoms with Crippen LogP contribution in [-0.4, -0.2) is 30.3 Å². The first-order valence-corrected chi connectivity index (χ1v) is 7.33. The number of aromatic amines is 1. The van der Waals surface area contributed by atoms with Crippen molar-refractivity contribution in [2.24, 2.45) is 0 Å². The van der Waals surface area contributed by atoms with Gasteiger partial charge in [-0.3, -0.25) is 0 Å². The summed E-state index contributed by atoms with van der Waals surface area (Å²) in [5.74, 6) is 0.249. The molecule has 6 heteroatoms. The Balaban J connectivity index is 1.80. The summed E-state index contributed by atoms with van der Waals surface area (Å²) >= 11 is 0. The molecule has 3 rings (SSSR count). The monoisotopic (exact) mass is 308 g/mol. The molecule has 1 aromatic carbocycles. The van der Waals surface area contributed by atoms with Gasteiger partial charge in [0.2, 0.25) is 5.82 Å². The molecule has 0 amide bonds. The third kappa shape index (κ3) is 3.37. The lowest BCUT2D eigenvalue weighted by Gasteiger charge is -2.17. The lowest BCUT2D eigenvalue weighted by atomic mass is 10.1. The zero-order valence-electron chi connectivity index (χ0n) is 12.8.